The number of allylic oxidation sites excluding steroid dienone is 4. The van der Waals surface area contributed by atoms with E-state index >= 15 is 0 Å². The molecule has 18 heavy (non-hydrogen) atoms. The number of rotatable bonds is 0. The third kappa shape index (κ3) is 1.46. The van der Waals surface area contributed by atoms with Crippen LogP contribution in [0.4, 0.5) is 0 Å². The fourth-order valence-electron chi connectivity index (χ4n) is 3.15. The van der Waals surface area contributed by atoms with Crippen molar-refractivity contribution in [2.45, 2.75) is 37.2 Å². The van der Waals surface area contributed by atoms with Crippen molar-refractivity contribution in [3.63, 3.8) is 0 Å². The van der Waals surface area contributed by atoms with Crippen LogP contribution in [0.25, 0.3) is 0 Å². The second-order valence-electron chi connectivity index (χ2n) is 5.31. The summed E-state index contributed by atoms with van der Waals surface area (Å²) in [6, 6.07) is 0. The normalized spacial score (nSPS) is 38.8. The molecule has 2 heterocycles. The maximum absolute atomic E-state index is 4.59. The molecule has 0 saturated heterocycles. The van der Waals surface area contributed by atoms with Crippen LogP contribution in [0.2, 0.25) is 0 Å². The smallest absolute Gasteiger partial charge is 0.0623 e. The molecule has 1 aliphatic carbocycles. The topological polar surface area (TPSA) is 0 Å². The molecule has 0 N–H and O–H groups in total. The highest BCUT2D eigenvalue weighted by molar-refractivity contribution is 8.19. The van der Waals surface area contributed by atoms with E-state index in [0.717, 1.165) is 8.47 Å². The third-order valence-corrected chi connectivity index (χ3v) is 8.12. The summed E-state index contributed by atoms with van der Waals surface area (Å²) in [7, 11) is 0. The van der Waals surface area contributed by atoms with E-state index in [2.05, 4.69) is 65.1 Å². The van der Waals surface area contributed by atoms with Crippen molar-refractivity contribution in [1.82, 2.24) is 0 Å². The van der Waals surface area contributed by atoms with Gasteiger partial charge in [0, 0.05) is 8.47 Å². The highest BCUT2D eigenvalue weighted by Crippen LogP contribution is 2.67. The van der Waals surface area contributed by atoms with Gasteiger partial charge in [0.15, 0.2) is 0 Å². The molecular formula is C14H16S4. The number of hydrogen-bond donors (Lipinski definition) is 2. The Morgan fingerprint density at radius 1 is 0.833 bits per heavy atom. The molecule has 0 aromatic heterocycles. The Morgan fingerprint density at radius 3 is 1.50 bits per heavy atom. The lowest BCUT2D eigenvalue weighted by Crippen LogP contribution is -2.47. The SMILES string of the molecule is CC1=C2C=C(S)SC2(C)C2(C)SC(S)=CC2=C1C. The number of hydrogen-bond acceptors (Lipinski definition) is 4. The average Bonchev–Trinajstić information content (AvgIpc) is 2.75. The monoisotopic (exact) mass is 312 g/mol. The number of thioether (sulfide) groups is 2. The first-order valence-corrected chi connectivity index (χ1v) is 8.45. The summed E-state index contributed by atoms with van der Waals surface area (Å²) in [5.74, 6) is 0. The van der Waals surface area contributed by atoms with Gasteiger partial charge in [-0.3, -0.25) is 0 Å². The molecule has 0 nitrogen and oxygen atoms in total. The molecule has 0 fully saturated rings. The fourth-order valence-corrected chi connectivity index (χ4v) is 7.20. The summed E-state index contributed by atoms with van der Waals surface area (Å²) in [6.45, 7) is 9.15. The van der Waals surface area contributed by atoms with Crippen LogP contribution in [0.1, 0.15) is 27.7 Å². The Labute approximate surface area is 128 Å². The molecule has 3 rings (SSSR count). The van der Waals surface area contributed by atoms with Crippen LogP contribution in [0.5, 0.6) is 0 Å². The van der Waals surface area contributed by atoms with Crippen molar-refractivity contribution in [3.8, 4) is 0 Å². The van der Waals surface area contributed by atoms with Gasteiger partial charge in [0.2, 0.25) is 0 Å². The van der Waals surface area contributed by atoms with Crippen LogP contribution >= 0.6 is 48.8 Å². The van der Waals surface area contributed by atoms with Gasteiger partial charge in [-0.15, -0.1) is 48.8 Å². The third-order valence-electron chi connectivity index (χ3n) is 4.46. The molecular weight excluding hydrogens is 296 g/mol. The molecule has 4 heteroatoms. The van der Waals surface area contributed by atoms with Crippen molar-refractivity contribution in [2.24, 2.45) is 0 Å². The summed E-state index contributed by atoms with van der Waals surface area (Å²) in [4.78, 5) is 0. The molecule has 2 atom stereocenters. The number of fused-ring (bicyclic) bond motifs is 3. The largest absolute Gasteiger partial charge is 0.137 e. The Hall–Kier alpha value is 0.360. The highest BCUT2D eigenvalue weighted by atomic mass is 32.2. The quantitative estimate of drug-likeness (QED) is 0.591. The molecule has 3 aliphatic rings. The standard InChI is InChI=1S/C14H16S4/c1-7-8(2)10-6-12(16)18-14(10,4)13(3)9(7)5-11(15)17-13/h5-6,15-16H,1-4H3. The molecule has 0 aromatic rings. The Bertz CT molecular complexity index is 527. The van der Waals surface area contributed by atoms with E-state index in [1.807, 2.05) is 23.5 Å². The van der Waals surface area contributed by atoms with Crippen LogP contribution in [0, 0.1) is 0 Å². The summed E-state index contributed by atoms with van der Waals surface area (Å²) in [6.07, 6.45) is 4.48. The van der Waals surface area contributed by atoms with E-state index in [-0.39, 0.29) is 9.49 Å². The Kier molecular flexibility index (Phi) is 2.92. The molecule has 0 amide bonds. The zero-order valence-corrected chi connectivity index (χ0v) is 14.3. The second-order valence-corrected chi connectivity index (χ2v) is 9.80. The van der Waals surface area contributed by atoms with Gasteiger partial charge in [-0.25, -0.2) is 0 Å². The minimum atomic E-state index is 0.0641. The van der Waals surface area contributed by atoms with Crippen LogP contribution in [-0.2, 0) is 0 Å². The van der Waals surface area contributed by atoms with E-state index in [0.29, 0.717) is 0 Å². The maximum Gasteiger partial charge on any atom is 0.0623 e. The van der Waals surface area contributed by atoms with Crippen molar-refractivity contribution >= 4 is 48.8 Å². The lowest BCUT2D eigenvalue weighted by Gasteiger charge is -2.46. The lowest BCUT2D eigenvalue weighted by molar-refractivity contribution is 0.607. The fraction of sp³-hybridized carbons (Fsp3) is 0.429. The van der Waals surface area contributed by atoms with E-state index in [4.69, 9.17) is 0 Å². The number of thiol groups is 2. The minimum Gasteiger partial charge on any atom is -0.137 e. The summed E-state index contributed by atoms with van der Waals surface area (Å²) >= 11 is 12.9. The first kappa shape index (κ1) is 13.3. The molecule has 0 radical (unpaired) electrons. The first-order valence-electron chi connectivity index (χ1n) is 5.92. The molecule has 0 saturated carbocycles. The molecule has 2 aliphatic heterocycles. The highest BCUT2D eigenvalue weighted by Gasteiger charge is 2.57. The van der Waals surface area contributed by atoms with Crippen LogP contribution < -0.4 is 0 Å². The van der Waals surface area contributed by atoms with E-state index in [1.54, 1.807) is 0 Å². The zero-order valence-electron chi connectivity index (χ0n) is 10.9. The van der Waals surface area contributed by atoms with Crippen LogP contribution in [-0.4, -0.2) is 9.49 Å². The van der Waals surface area contributed by atoms with Crippen molar-refractivity contribution in [3.05, 3.63) is 42.9 Å². The van der Waals surface area contributed by atoms with Gasteiger partial charge in [0.05, 0.1) is 9.49 Å². The van der Waals surface area contributed by atoms with Gasteiger partial charge in [-0.1, -0.05) is 0 Å². The average molecular weight is 313 g/mol. The van der Waals surface area contributed by atoms with Gasteiger partial charge in [-0.2, -0.15) is 0 Å². The van der Waals surface area contributed by atoms with Gasteiger partial charge in [0.25, 0.3) is 0 Å². The molecule has 96 valence electrons. The Morgan fingerprint density at radius 2 is 1.17 bits per heavy atom. The summed E-state index contributed by atoms with van der Waals surface area (Å²) in [5, 5.41) is 0. The van der Waals surface area contributed by atoms with Crippen LogP contribution in [0.3, 0.4) is 0 Å². The first-order chi connectivity index (χ1) is 8.29. The lowest BCUT2D eigenvalue weighted by atomic mass is 9.72. The minimum absolute atomic E-state index is 0.0641. The predicted molar refractivity (Wildman–Crippen MR) is 91.5 cm³/mol. The zero-order chi connectivity index (χ0) is 13.3. The maximum atomic E-state index is 4.59. The Balaban J connectivity index is 2.30. The van der Waals surface area contributed by atoms with E-state index < -0.39 is 0 Å². The molecule has 0 aromatic carbocycles. The van der Waals surface area contributed by atoms with Crippen molar-refractivity contribution < 1.29 is 0 Å². The van der Waals surface area contributed by atoms with Crippen LogP contribution in [0.15, 0.2) is 42.9 Å². The van der Waals surface area contributed by atoms with E-state index in [9.17, 15) is 0 Å². The van der Waals surface area contributed by atoms with Gasteiger partial charge >= 0.3 is 0 Å². The van der Waals surface area contributed by atoms with Gasteiger partial charge in [-0.05, 0) is 62.1 Å². The molecule has 0 spiro atoms. The van der Waals surface area contributed by atoms with E-state index in [1.165, 1.54) is 22.3 Å². The van der Waals surface area contributed by atoms with Crippen molar-refractivity contribution in [2.75, 3.05) is 0 Å². The predicted octanol–water partition coefficient (Wildman–Crippen LogP) is 5.19. The molecule has 0 bridgehead atoms. The second kappa shape index (κ2) is 3.94. The summed E-state index contributed by atoms with van der Waals surface area (Å²) < 4.78 is 2.37. The molecule has 2 unspecified atom stereocenters. The van der Waals surface area contributed by atoms with Gasteiger partial charge in [0.1, 0.15) is 0 Å². The van der Waals surface area contributed by atoms with Gasteiger partial charge < -0.3 is 0 Å². The summed E-state index contributed by atoms with van der Waals surface area (Å²) in [5.41, 5.74) is 5.68. The van der Waals surface area contributed by atoms with Crippen molar-refractivity contribution in [1.29, 1.82) is 0 Å².